The number of phenolic OH excluding ortho intramolecular Hbond substituents is 1. The SMILES string of the molecule is COC(=O)[C@@H](Cc1ccc(O)cc1)NC(=O)[C@@H](N)CC(C)C. The minimum Gasteiger partial charge on any atom is -0.508 e. The molecule has 1 amide bonds. The Balaban J connectivity index is 2.74. The number of ether oxygens (including phenoxy) is 1. The fraction of sp³-hybridized carbons (Fsp3) is 0.500. The van der Waals surface area contributed by atoms with Crippen molar-refractivity contribution >= 4 is 11.9 Å². The molecule has 1 rings (SSSR count). The maximum atomic E-state index is 12.1. The second-order valence-corrected chi connectivity index (χ2v) is 5.69. The molecule has 0 saturated carbocycles. The summed E-state index contributed by atoms with van der Waals surface area (Å²) in [7, 11) is 1.27. The summed E-state index contributed by atoms with van der Waals surface area (Å²) in [6.45, 7) is 3.95. The van der Waals surface area contributed by atoms with Crippen LogP contribution in [0.15, 0.2) is 24.3 Å². The Morgan fingerprint density at radius 1 is 1.27 bits per heavy atom. The van der Waals surface area contributed by atoms with Crippen LogP contribution in [0, 0.1) is 5.92 Å². The molecule has 0 fully saturated rings. The van der Waals surface area contributed by atoms with Crippen molar-refractivity contribution in [2.24, 2.45) is 11.7 Å². The van der Waals surface area contributed by atoms with Crippen LogP contribution < -0.4 is 11.1 Å². The summed E-state index contributed by atoms with van der Waals surface area (Å²) in [6.07, 6.45) is 0.812. The third-order valence-corrected chi connectivity index (χ3v) is 3.24. The monoisotopic (exact) mass is 308 g/mol. The number of hydrogen-bond acceptors (Lipinski definition) is 5. The molecular weight excluding hydrogens is 284 g/mol. The fourth-order valence-corrected chi connectivity index (χ4v) is 2.10. The van der Waals surface area contributed by atoms with Crippen LogP contribution in [0.4, 0.5) is 0 Å². The van der Waals surface area contributed by atoms with Crippen molar-refractivity contribution in [3.05, 3.63) is 29.8 Å². The van der Waals surface area contributed by atoms with Gasteiger partial charge in [-0.2, -0.15) is 0 Å². The number of amides is 1. The Morgan fingerprint density at radius 3 is 2.36 bits per heavy atom. The summed E-state index contributed by atoms with van der Waals surface area (Å²) in [5.74, 6) is -0.475. The maximum absolute atomic E-state index is 12.1. The number of nitrogens with two attached hydrogens (primary N) is 1. The van der Waals surface area contributed by atoms with Crippen LogP contribution in [-0.2, 0) is 20.7 Å². The predicted molar refractivity (Wildman–Crippen MR) is 83.2 cm³/mol. The zero-order valence-corrected chi connectivity index (χ0v) is 13.2. The van der Waals surface area contributed by atoms with Gasteiger partial charge in [0.2, 0.25) is 5.91 Å². The van der Waals surface area contributed by atoms with Crippen molar-refractivity contribution in [1.29, 1.82) is 0 Å². The molecule has 122 valence electrons. The molecule has 22 heavy (non-hydrogen) atoms. The van der Waals surface area contributed by atoms with Crippen molar-refractivity contribution in [3.63, 3.8) is 0 Å². The van der Waals surface area contributed by atoms with Gasteiger partial charge in [-0.3, -0.25) is 4.79 Å². The van der Waals surface area contributed by atoms with Gasteiger partial charge in [0.1, 0.15) is 11.8 Å². The Kier molecular flexibility index (Phi) is 6.85. The normalized spacial score (nSPS) is 13.5. The summed E-state index contributed by atoms with van der Waals surface area (Å²) in [5, 5.41) is 11.9. The van der Waals surface area contributed by atoms with Gasteiger partial charge in [0, 0.05) is 6.42 Å². The summed E-state index contributed by atoms with van der Waals surface area (Å²) in [6, 6.07) is 4.95. The molecule has 0 aliphatic heterocycles. The van der Waals surface area contributed by atoms with Gasteiger partial charge in [-0.1, -0.05) is 26.0 Å². The molecule has 0 aromatic heterocycles. The first-order chi connectivity index (χ1) is 10.3. The van der Waals surface area contributed by atoms with Crippen molar-refractivity contribution in [3.8, 4) is 5.75 Å². The molecule has 6 heteroatoms. The number of carbonyl (C=O) groups is 2. The van der Waals surface area contributed by atoms with Gasteiger partial charge < -0.3 is 20.9 Å². The second-order valence-electron chi connectivity index (χ2n) is 5.69. The van der Waals surface area contributed by atoms with E-state index in [-0.39, 0.29) is 24.0 Å². The molecule has 0 bridgehead atoms. The highest BCUT2D eigenvalue weighted by molar-refractivity contribution is 5.87. The number of rotatable bonds is 7. The molecule has 1 aromatic rings. The van der Waals surface area contributed by atoms with Crippen LogP contribution in [-0.4, -0.2) is 36.2 Å². The van der Waals surface area contributed by atoms with E-state index in [1.165, 1.54) is 19.2 Å². The largest absolute Gasteiger partial charge is 0.508 e. The predicted octanol–water partition coefficient (Wildman–Crippen LogP) is 0.966. The average Bonchev–Trinajstić information content (AvgIpc) is 2.47. The highest BCUT2D eigenvalue weighted by Crippen LogP contribution is 2.12. The quantitative estimate of drug-likeness (QED) is 0.651. The first-order valence-corrected chi connectivity index (χ1v) is 7.25. The average molecular weight is 308 g/mol. The molecule has 2 atom stereocenters. The standard InChI is InChI=1S/C16H24N2O4/c1-10(2)8-13(17)15(20)18-14(16(21)22-3)9-11-4-6-12(19)7-5-11/h4-7,10,13-14,19H,8-9,17H2,1-3H3,(H,18,20)/t13-,14+/m0/s1. The van der Waals surface area contributed by atoms with Crippen LogP contribution in [0.5, 0.6) is 5.75 Å². The van der Waals surface area contributed by atoms with Gasteiger partial charge >= 0.3 is 5.97 Å². The number of hydrogen-bond donors (Lipinski definition) is 3. The molecule has 0 unspecified atom stereocenters. The third-order valence-electron chi connectivity index (χ3n) is 3.24. The van der Waals surface area contributed by atoms with Crippen LogP contribution in [0.2, 0.25) is 0 Å². The first kappa shape index (κ1) is 18.0. The lowest BCUT2D eigenvalue weighted by atomic mass is 10.0. The minimum absolute atomic E-state index is 0.140. The molecule has 0 saturated heterocycles. The van der Waals surface area contributed by atoms with Gasteiger partial charge in [0.25, 0.3) is 0 Å². The molecule has 0 radical (unpaired) electrons. The van der Waals surface area contributed by atoms with E-state index in [0.29, 0.717) is 6.42 Å². The molecule has 0 aliphatic carbocycles. The number of aromatic hydroxyl groups is 1. The topological polar surface area (TPSA) is 102 Å². The lowest BCUT2D eigenvalue weighted by molar-refractivity contribution is -0.145. The van der Waals surface area contributed by atoms with E-state index in [9.17, 15) is 14.7 Å². The Bertz CT molecular complexity index is 499. The van der Waals surface area contributed by atoms with Crippen molar-refractivity contribution in [2.75, 3.05) is 7.11 Å². The smallest absolute Gasteiger partial charge is 0.328 e. The molecule has 0 heterocycles. The van der Waals surface area contributed by atoms with Gasteiger partial charge in [-0.25, -0.2) is 4.79 Å². The lowest BCUT2D eigenvalue weighted by Gasteiger charge is -2.20. The molecule has 1 aromatic carbocycles. The van der Waals surface area contributed by atoms with Gasteiger partial charge in [-0.15, -0.1) is 0 Å². The van der Waals surface area contributed by atoms with Gasteiger partial charge in [0.05, 0.1) is 13.2 Å². The van der Waals surface area contributed by atoms with E-state index in [4.69, 9.17) is 10.5 Å². The summed E-state index contributed by atoms with van der Waals surface area (Å²) < 4.78 is 4.73. The molecule has 6 nitrogen and oxygen atoms in total. The van der Waals surface area contributed by atoms with Crippen LogP contribution >= 0.6 is 0 Å². The Labute approximate surface area is 130 Å². The maximum Gasteiger partial charge on any atom is 0.328 e. The summed E-state index contributed by atoms with van der Waals surface area (Å²) in [5.41, 5.74) is 6.62. The van der Waals surface area contributed by atoms with E-state index < -0.39 is 18.1 Å². The minimum atomic E-state index is -0.805. The first-order valence-electron chi connectivity index (χ1n) is 7.25. The molecule has 0 spiro atoms. The van der Waals surface area contributed by atoms with Gasteiger partial charge in [-0.05, 0) is 30.0 Å². The fourth-order valence-electron chi connectivity index (χ4n) is 2.10. The number of benzene rings is 1. The number of phenols is 1. The lowest BCUT2D eigenvalue weighted by Crippen LogP contribution is -2.50. The number of carbonyl (C=O) groups excluding carboxylic acids is 2. The number of methoxy groups -OCH3 is 1. The van der Waals surface area contributed by atoms with Gasteiger partial charge in [0.15, 0.2) is 0 Å². The highest BCUT2D eigenvalue weighted by atomic mass is 16.5. The number of esters is 1. The Morgan fingerprint density at radius 2 is 1.86 bits per heavy atom. The summed E-state index contributed by atoms with van der Waals surface area (Å²) >= 11 is 0. The van der Waals surface area contributed by atoms with Crippen LogP contribution in [0.3, 0.4) is 0 Å². The second kappa shape index (κ2) is 8.38. The van der Waals surface area contributed by atoms with Crippen LogP contribution in [0.1, 0.15) is 25.8 Å². The van der Waals surface area contributed by atoms with Crippen molar-refractivity contribution in [2.45, 2.75) is 38.8 Å². The number of nitrogens with one attached hydrogen (secondary N) is 1. The third kappa shape index (κ3) is 5.73. The van der Waals surface area contributed by atoms with E-state index >= 15 is 0 Å². The summed E-state index contributed by atoms with van der Waals surface area (Å²) in [4.78, 5) is 23.9. The van der Waals surface area contributed by atoms with Crippen molar-refractivity contribution < 1.29 is 19.4 Å². The van der Waals surface area contributed by atoms with E-state index in [0.717, 1.165) is 5.56 Å². The zero-order chi connectivity index (χ0) is 16.7. The Hall–Kier alpha value is -2.08. The highest BCUT2D eigenvalue weighted by Gasteiger charge is 2.25. The van der Waals surface area contributed by atoms with Crippen molar-refractivity contribution in [1.82, 2.24) is 5.32 Å². The van der Waals surface area contributed by atoms with E-state index in [2.05, 4.69) is 5.32 Å². The van der Waals surface area contributed by atoms with Crippen LogP contribution in [0.25, 0.3) is 0 Å². The molecular formula is C16H24N2O4. The zero-order valence-electron chi connectivity index (χ0n) is 13.2. The molecule has 4 N–H and O–H groups in total. The van der Waals surface area contributed by atoms with E-state index in [1.54, 1.807) is 12.1 Å². The molecule has 0 aliphatic rings. The van der Waals surface area contributed by atoms with E-state index in [1.807, 2.05) is 13.8 Å².